The van der Waals surface area contributed by atoms with Crippen LogP contribution in [0.5, 0.6) is 0 Å². The Bertz CT molecular complexity index is 754. The summed E-state index contributed by atoms with van der Waals surface area (Å²) in [5.41, 5.74) is 2.18. The number of rotatable bonds is 3. The number of amides is 2. The molecule has 0 saturated carbocycles. The molecule has 23 heavy (non-hydrogen) atoms. The Morgan fingerprint density at radius 1 is 1.35 bits per heavy atom. The molecule has 1 aliphatic rings. The fourth-order valence-electron chi connectivity index (χ4n) is 2.70. The second kappa shape index (κ2) is 6.16. The molecule has 6 nitrogen and oxygen atoms in total. The van der Waals surface area contributed by atoms with Crippen molar-refractivity contribution in [3.63, 3.8) is 0 Å². The number of likely N-dealkylation sites (tertiary alicyclic amines) is 1. The lowest BCUT2D eigenvalue weighted by atomic mass is 10.2. The summed E-state index contributed by atoms with van der Waals surface area (Å²) >= 11 is 3.40. The highest BCUT2D eigenvalue weighted by Gasteiger charge is 2.29. The molecule has 1 N–H and O–H groups in total. The maximum atomic E-state index is 12.4. The summed E-state index contributed by atoms with van der Waals surface area (Å²) in [5.74, 6) is -0.142. The predicted octanol–water partition coefficient (Wildman–Crippen LogP) is 1.90. The summed E-state index contributed by atoms with van der Waals surface area (Å²) in [5, 5.41) is 7.21. The summed E-state index contributed by atoms with van der Waals surface area (Å²) in [7, 11) is 1.74. The van der Waals surface area contributed by atoms with Crippen LogP contribution >= 0.6 is 15.9 Å². The van der Waals surface area contributed by atoms with Crippen LogP contribution in [-0.2, 0) is 4.79 Å². The van der Waals surface area contributed by atoms with Crippen molar-refractivity contribution in [1.29, 1.82) is 0 Å². The van der Waals surface area contributed by atoms with Crippen LogP contribution in [0.2, 0.25) is 0 Å². The average molecular weight is 377 g/mol. The van der Waals surface area contributed by atoms with Crippen LogP contribution in [0, 0.1) is 6.92 Å². The van der Waals surface area contributed by atoms with Crippen molar-refractivity contribution in [2.24, 2.45) is 0 Å². The number of likely N-dealkylation sites (N-methyl/N-ethyl adjacent to an activating group) is 1. The number of carbonyl (C=O) groups excluding carboxylic acids is 2. The molecule has 0 radical (unpaired) electrons. The molecule has 120 valence electrons. The minimum atomic E-state index is -0.195. The normalized spacial score (nSPS) is 17.6. The van der Waals surface area contributed by atoms with Crippen molar-refractivity contribution in [3.05, 3.63) is 46.2 Å². The maximum Gasteiger partial charge on any atom is 0.255 e. The maximum absolute atomic E-state index is 12.4. The van der Waals surface area contributed by atoms with Crippen LogP contribution in [-0.4, -0.2) is 46.1 Å². The first-order valence-corrected chi connectivity index (χ1v) is 8.10. The molecule has 2 aromatic rings. The van der Waals surface area contributed by atoms with Crippen molar-refractivity contribution in [2.75, 3.05) is 13.6 Å². The molecule has 0 spiro atoms. The third kappa shape index (κ3) is 3.14. The molecule has 1 aliphatic heterocycles. The Kier molecular flexibility index (Phi) is 4.21. The zero-order chi connectivity index (χ0) is 16.6. The van der Waals surface area contributed by atoms with Gasteiger partial charge in [-0.2, -0.15) is 5.10 Å². The molecule has 1 fully saturated rings. The Hall–Kier alpha value is -2.15. The van der Waals surface area contributed by atoms with Gasteiger partial charge in [0.2, 0.25) is 5.91 Å². The summed E-state index contributed by atoms with van der Waals surface area (Å²) in [6.07, 6.45) is 1.91. The van der Waals surface area contributed by atoms with E-state index in [2.05, 4.69) is 26.3 Å². The molecule has 0 aliphatic carbocycles. The molecule has 1 unspecified atom stereocenters. The Labute approximate surface area is 142 Å². The van der Waals surface area contributed by atoms with Crippen LogP contribution in [0.25, 0.3) is 5.69 Å². The Morgan fingerprint density at radius 3 is 2.65 bits per heavy atom. The van der Waals surface area contributed by atoms with Crippen LogP contribution in [0.1, 0.15) is 22.5 Å². The molecule has 1 atom stereocenters. The summed E-state index contributed by atoms with van der Waals surface area (Å²) in [6, 6.07) is 7.56. The van der Waals surface area contributed by atoms with E-state index < -0.39 is 0 Å². The van der Waals surface area contributed by atoms with Crippen molar-refractivity contribution < 1.29 is 9.59 Å². The molecule has 2 heterocycles. The molecule has 1 saturated heterocycles. The average Bonchev–Trinajstić information content (AvgIpc) is 3.03. The predicted molar refractivity (Wildman–Crippen MR) is 89.5 cm³/mol. The smallest absolute Gasteiger partial charge is 0.255 e. The monoisotopic (exact) mass is 376 g/mol. The molecule has 3 rings (SSSR count). The number of aromatic nitrogens is 2. The Morgan fingerprint density at radius 2 is 2.04 bits per heavy atom. The van der Waals surface area contributed by atoms with Crippen molar-refractivity contribution in [1.82, 2.24) is 20.0 Å². The van der Waals surface area contributed by atoms with E-state index in [0.717, 1.165) is 15.9 Å². The molecule has 1 aromatic heterocycles. The van der Waals surface area contributed by atoms with Crippen molar-refractivity contribution >= 4 is 27.7 Å². The number of nitrogens with zero attached hydrogens (tertiary/aromatic N) is 3. The van der Waals surface area contributed by atoms with Gasteiger partial charge in [0, 0.05) is 24.5 Å². The van der Waals surface area contributed by atoms with Gasteiger partial charge in [-0.05, 0) is 31.2 Å². The van der Waals surface area contributed by atoms with E-state index >= 15 is 0 Å². The van der Waals surface area contributed by atoms with Gasteiger partial charge >= 0.3 is 0 Å². The summed E-state index contributed by atoms with van der Waals surface area (Å²) < 4.78 is 2.71. The van der Waals surface area contributed by atoms with Crippen LogP contribution in [0.4, 0.5) is 0 Å². The summed E-state index contributed by atoms with van der Waals surface area (Å²) in [4.78, 5) is 25.6. The standard InChI is InChI=1S/C16H17BrN4O2/c1-10-14(16(23)19-12-7-15(22)20(2)9-12)8-18-21(10)13-5-3-11(17)4-6-13/h3-6,8,12H,7,9H2,1-2H3,(H,19,23). The SMILES string of the molecule is Cc1c(C(=O)NC2CC(=O)N(C)C2)cnn1-c1ccc(Br)cc1. The molecule has 2 amide bonds. The number of halogens is 1. The highest BCUT2D eigenvalue weighted by atomic mass is 79.9. The van der Waals surface area contributed by atoms with Gasteiger partial charge in [-0.25, -0.2) is 4.68 Å². The number of benzene rings is 1. The first kappa shape index (κ1) is 15.7. The third-order valence-electron chi connectivity index (χ3n) is 4.00. The summed E-state index contributed by atoms with van der Waals surface area (Å²) in [6.45, 7) is 2.40. The first-order valence-electron chi connectivity index (χ1n) is 7.31. The van der Waals surface area contributed by atoms with E-state index in [1.165, 1.54) is 0 Å². The first-order chi connectivity index (χ1) is 11.0. The van der Waals surface area contributed by atoms with Gasteiger partial charge in [-0.15, -0.1) is 0 Å². The zero-order valence-electron chi connectivity index (χ0n) is 12.9. The van der Waals surface area contributed by atoms with Crippen LogP contribution in [0.3, 0.4) is 0 Å². The lowest BCUT2D eigenvalue weighted by molar-refractivity contribution is -0.126. The molecule has 0 bridgehead atoms. The Balaban J connectivity index is 1.77. The van der Waals surface area contributed by atoms with Gasteiger partial charge < -0.3 is 10.2 Å². The highest BCUT2D eigenvalue weighted by Crippen LogP contribution is 2.18. The number of nitrogens with one attached hydrogen (secondary N) is 1. The van der Waals surface area contributed by atoms with E-state index in [0.29, 0.717) is 18.5 Å². The van der Waals surface area contributed by atoms with E-state index in [4.69, 9.17) is 0 Å². The minimum absolute atomic E-state index is 0.0533. The zero-order valence-corrected chi connectivity index (χ0v) is 14.5. The van der Waals surface area contributed by atoms with Crippen LogP contribution in [0.15, 0.2) is 34.9 Å². The van der Waals surface area contributed by atoms with Crippen molar-refractivity contribution in [2.45, 2.75) is 19.4 Å². The lowest BCUT2D eigenvalue weighted by Crippen LogP contribution is -2.36. The quantitative estimate of drug-likeness (QED) is 0.889. The van der Waals surface area contributed by atoms with Gasteiger partial charge in [0.15, 0.2) is 0 Å². The number of carbonyl (C=O) groups is 2. The van der Waals surface area contributed by atoms with Gasteiger partial charge in [-0.3, -0.25) is 9.59 Å². The fourth-order valence-corrected chi connectivity index (χ4v) is 2.96. The highest BCUT2D eigenvalue weighted by molar-refractivity contribution is 9.10. The van der Waals surface area contributed by atoms with Gasteiger partial charge in [0.25, 0.3) is 5.91 Å². The van der Waals surface area contributed by atoms with Crippen molar-refractivity contribution in [3.8, 4) is 5.69 Å². The minimum Gasteiger partial charge on any atom is -0.347 e. The molecular weight excluding hydrogens is 360 g/mol. The molecule has 7 heteroatoms. The van der Waals surface area contributed by atoms with E-state index in [1.807, 2.05) is 31.2 Å². The van der Waals surface area contributed by atoms with Gasteiger partial charge in [0.1, 0.15) is 0 Å². The second-order valence-electron chi connectivity index (χ2n) is 5.68. The lowest BCUT2D eigenvalue weighted by Gasteiger charge is -2.12. The van der Waals surface area contributed by atoms with Gasteiger partial charge in [-0.1, -0.05) is 15.9 Å². The largest absolute Gasteiger partial charge is 0.347 e. The fraction of sp³-hybridized carbons (Fsp3) is 0.312. The van der Waals surface area contributed by atoms with Crippen LogP contribution < -0.4 is 5.32 Å². The van der Waals surface area contributed by atoms with Gasteiger partial charge in [0.05, 0.1) is 29.2 Å². The van der Waals surface area contributed by atoms with E-state index in [-0.39, 0.29) is 17.9 Å². The molecule has 1 aromatic carbocycles. The molecular formula is C16H17BrN4O2. The van der Waals surface area contributed by atoms with E-state index in [9.17, 15) is 9.59 Å². The second-order valence-corrected chi connectivity index (χ2v) is 6.60. The van der Waals surface area contributed by atoms with E-state index in [1.54, 1.807) is 22.8 Å². The topological polar surface area (TPSA) is 67.2 Å². The number of hydrogen-bond acceptors (Lipinski definition) is 3. The number of hydrogen-bond donors (Lipinski definition) is 1. The third-order valence-corrected chi connectivity index (χ3v) is 4.53.